The van der Waals surface area contributed by atoms with Gasteiger partial charge in [0.1, 0.15) is 0 Å². The van der Waals surface area contributed by atoms with Gasteiger partial charge in [0.25, 0.3) is 0 Å². The summed E-state index contributed by atoms with van der Waals surface area (Å²) >= 11 is 0. The highest BCUT2D eigenvalue weighted by atomic mass is 16.6. The van der Waals surface area contributed by atoms with Crippen molar-refractivity contribution in [3.63, 3.8) is 0 Å². The van der Waals surface area contributed by atoms with Gasteiger partial charge in [-0.2, -0.15) is 15.0 Å². The van der Waals surface area contributed by atoms with E-state index in [2.05, 4.69) is 95.2 Å². The van der Waals surface area contributed by atoms with Gasteiger partial charge in [-0.05, 0) is 122 Å². The molecule has 826 valence electrons. The molecule has 4 unspecified atom stereocenters. The van der Waals surface area contributed by atoms with Gasteiger partial charge < -0.3 is 157 Å². The number of nitrogens with zero attached hydrogens (tertiary/aromatic N) is 5. The van der Waals surface area contributed by atoms with Crippen molar-refractivity contribution in [3.05, 3.63) is 0 Å². The van der Waals surface area contributed by atoms with Gasteiger partial charge in [-0.15, -0.1) is 47.4 Å². The Labute approximate surface area is 866 Å². The summed E-state index contributed by atoms with van der Waals surface area (Å²) in [5, 5.41) is 25.1. The minimum absolute atomic E-state index is 0.0108. The molecule has 0 saturated heterocycles. The molecule has 8 aliphatic carbocycles. The molecule has 9 N–H and O–H groups in total. The summed E-state index contributed by atoms with van der Waals surface area (Å²) in [7, 11) is 1.31. The fraction of sp³-hybridized carbons (Fsp3) is 0.806. The van der Waals surface area contributed by atoms with Gasteiger partial charge >= 0.3 is 30.3 Å². The zero-order chi connectivity index (χ0) is 103. The Hall–Kier alpha value is -9.56. The van der Waals surface area contributed by atoms with Crippen LogP contribution in [-0.2, 0) is 123 Å². The number of rotatable bonds is 86. The van der Waals surface area contributed by atoms with E-state index in [1.807, 2.05) is 9.80 Å². The van der Waals surface area contributed by atoms with E-state index in [0.29, 0.717) is 177 Å². The molecule has 0 bridgehead atoms. The fourth-order valence-corrected chi connectivity index (χ4v) is 18.0. The number of carbonyl (C=O) groups is 9. The Kier molecular flexibility index (Phi) is 64.0. The third kappa shape index (κ3) is 55.7. The molecule has 147 heavy (non-hydrogen) atoms. The van der Waals surface area contributed by atoms with Crippen LogP contribution in [0.2, 0.25) is 0 Å². The Morgan fingerprint density at radius 1 is 0.245 bits per heavy atom. The second-order valence-electron chi connectivity index (χ2n) is 36.5. The number of ether oxygens (including phenoxy) is 21. The number of hydrogen-bond donors (Lipinski definition) is 9. The molecule has 4 fully saturated rings. The van der Waals surface area contributed by atoms with Gasteiger partial charge in [-0.25, -0.2) is 19.2 Å². The van der Waals surface area contributed by atoms with Gasteiger partial charge in [0, 0.05) is 162 Å². The predicted octanol–water partition coefficient (Wildman–Crippen LogP) is 4.41. The number of methoxy groups -OCH3 is 1. The van der Waals surface area contributed by atoms with Crippen LogP contribution < -0.4 is 57.7 Å². The molecular formula is C103H164N14O30. The average Bonchev–Trinajstić information content (AvgIpc) is 1.64. The van der Waals surface area contributed by atoms with Gasteiger partial charge in [0.15, 0.2) is 0 Å². The van der Waals surface area contributed by atoms with Crippen molar-refractivity contribution >= 4 is 71.8 Å². The van der Waals surface area contributed by atoms with Crippen LogP contribution in [0.1, 0.15) is 135 Å². The summed E-state index contributed by atoms with van der Waals surface area (Å²) in [6.07, 6.45) is 14.3. The quantitative estimate of drug-likeness (QED) is 0.0189. The first-order chi connectivity index (χ1) is 72.3. The Morgan fingerprint density at radius 3 is 0.639 bits per heavy atom. The predicted molar refractivity (Wildman–Crippen MR) is 537 cm³/mol. The number of hydrogen-bond acceptors (Lipinski definition) is 36. The lowest BCUT2D eigenvalue weighted by Gasteiger charge is -2.27. The minimum Gasteiger partial charge on any atom is -0.469 e. The maximum absolute atomic E-state index is 12.4. The molecular weight excluding hydrogens is 1910 g/mol. The van der Waals surface area contributed by atoms with Gasteiger partial charge in [-0.3, -0.25) is 24.0 Å². The maximum Gasteiger partial charge on any atom is 0.407 e. The summed E-state index contributed by atoms with van der Waals surface area (Å²) in [6, 6.07) is 0. The van der Waals surface area contributed by atoms with Crippen molar-refractivity contribution < 1.29 is 143 Å². The second-order valence-corrected chi connectivity index (χ2v) is 36.5. The third-order valence-corrected chi connectivity index (χ3v) is 26.2. The van der Waals surface area contributed by atoms with Crippen LogP contribution in [0.25, 0.3) is 0 Å². The first kappa shape index (κ1) is 121. The highest BCUT2D eigenvalue weighted by molar-refractivity contribution is 5.77. The lowest BCUT2D eigenvalue weighted by molar-refractivity contribution is -0.140. The SMILES string of the molecule is COC(=O)CCNc1nc(N(CCOCCOCCOCCOCCC(=O)NCCNC(=O)OCC2[C@H]3CCC#CCC[C@@H]23)CCOCCOCCOCCOCCC(=O)NCCNC(=O)OCC2[C@H]3CCC#CCC[C@@H]23)nc(N(CCOCCOCCOCCOCCC(=O)NCCNC(=O)OCC2[C@H]3CCC#CCC[C@@H]23)CCOCCOCCOCCOCCC(=O)NCCNC(=O)OCC2[C@H]3CCC#CCC[C@@H]23)n1. The van der Waals surface area contributed by atoms with Crippen LogP contribution in [-0.4, -0.2) is 399 Å². The van der Waals surface area contributed by atoms with E-state index in [-0.39, 0.29) is 291 Å². The Morgan fingerprint density at radius 2 is 0.435 bits per heavy atom. The van der Waals surface area contributed by atoms with Crippen LogP contribution in [0.3, 0.4) is 0 Å². The summed E-state index contributed by atoms with van der Waals surface area (Å²) < 4.78 is 120. The first-order valence-corrected chi connectivity index (χ1v) is 53.1. The van der Waals surface area contributed by atoms with Gasteiger partial charge in [0.2, 0.25) is 41.5 Å². The van der Waals surface area contributed by atoms with E-state index < -0.39 is 30.3 Å². The average molecular weight is 2080 g/mol. The second kappa shape index (κ2) is 77.7. The summed E-state index contributed by atoms with van der Waals surface area (Å²) in [5.74, 6) is 31.3. The van der Waals surface area contributed by atoms with Crippen LogP contribution in [0.4, 0.5) is 37.0 Å². The van der Waals surface area contributed by atoms with E-state index >= 15 is 0 Å². The summed E-state index contributed by atoms with van der Waals surface area (Å²) in [5.41, 5.74) is 0. The van der Waals surface area contributed by atoms with Crippen molar-refractivity contribution in [2.24, 2.45) is 71.0 Å². The van der Waals surface area contributed by atoms with Crippen molar-refractivity contribution in [3.8, 4) is 47.4 Å². The molecule has 8 amide bonds. The number of aromatic nitrogens is 3. The van der Waals surface area contributed by atoms with Crippen LogP contribution in [0.15, 0.2) is 0 Å². The van der Waals surface area contributed by atoms with Crippen LogP contribution in [0, 0.1) is 118 Å². The molecule has 0 aliphatic heterocycles. The molecule has 1 heterocycles. The molecule has 0 radical (unpaired) electrons. The van der Waals surface area contributed by atoms with Crippen molar-refractivity contribution in [2.75, 3.05) is 345 Å². The number of fused-ring (bicyclic) bond motifs is 4. The smallest absolute Gasteiger partial charge is 0.407 e. The highest BCUT2D eigenvalue weighted by Crippen LogP contribution is 2.55. The minimum atomic E-state index is -0.486. The number of carbonyl (C=O) groups excluding carboxylic acids is 9. The molecule has 9 rings (SSSR count). The lowest BCUT2D eigenvalue weighted by atomic mass is 10.1. The fourth-order valence-electron chi connectivity index (χ4n) is 18.0. The maximum atomic E-state index is 12.4. The van der Waals surface area contributed by atoms with Crippen molar-refractivity contribution in [1.82, 2.24) is 57.5 Å². The molecule has 0 aromatic carbocycles. The monoisotopic (exact) mass is 2080 g/mol. The number of alkyl carbamates (subject to hydrolysis) is 4. The normalized spacial score (nSPS) is 20.4. The van der Waals surface area contributed by atoms with Crippen LogP contribution >= 0.6 is 0 Å². The molecule has 44 heteroatoms. The highest BCUT2D eigenvalue weighted by Gasteiger charge is 2.52. The first-order valence-electron chi connectivity index (χ1n) is 53.1. The van der Waals surface area contributed by atoms with E-state index in [1.165, 1.54) is 7.11 Å². The van der Waals surface area contributed by atoms with Crippen LogP contribution in [0.5, 0.6) is 0 Å². The van der Waals surface area contributed by atoms with Crippen molar-refractivity contribution in [1.29, 1.82) is 0 Å². The molecule has 1 aromatic rings. The molecule has 12 atom stereocenters. The number of anilines is 3. The van der Waals surface area contributed by atoms with E-state index in [4.69, 9.17) is 114 Å². The zero-order valence-corrected chi connectivity index (χ0v) is 86.4. The molecule has 4 saturated carbocycles. The lowest BCUT2D eigenvalue weighted by Crippen LogP contribution is -2.36. The Balaban J connectivity index is 0.677. The van der Waals surface area contributed by atoms with E-state index in [1.54, 1.807) is 0 Å². The zero-order valence-electron chi connectivity index (χ0n) is 86.4. The molecule has 8 aliphatic rings. The molecule has 1 aromatic heterocycles. The Bertz CT molecular complexity index is 3630. The number of esters is 1. The molecule has 44 nitrogen and oxygen atoms in total. The number of nitrogens with one attached hydrogen (secondary N) is 9. The summed E-state index contributed by atoms with van der Waals surface area (Å²) in [6.45, 7) is 13.3. The van der Waals surface area contributed by atoms with Crippen molar-refractivity contribution in [2.45, 2.75) is 135 Å². The third-order valence-electron chi connectivity index (χ3n) is 26.2. The van der Waals surface area contributed by atoms with Gasteiger partial charge in [-0.1, -0.05) is 0 Å². The largest absolute Gasteiger partial charge is 0.469 e. The van der Waals surface area contributed by atoms with E-state index in [9.17, 15) is 43.2 Å². The van der Waals surface area contributed by atoms with Gasteiger partial charge in [0.05, 0.1) is 251 Å². The number of amides is 8. The molecule has 0 spiro atoms. The topological polar surface area (TPSA) is 501 Å². The standard InChI is InChI=1S/C103H164N14O30/c1-127-96(122)26-31-108-97-113-98(116(40-48-132-56-64-140-72-68-136-60-52-128-44-27-92(118)104-32-36-109-100(123)144-76-88-80-18-10-2-3-11-19-81(80)88)41-49-133-57-65-141-73-69-137-61-53-129-45-28-93(119)105-33-37-110-101(124)145-77-89-82-20-12-4-5-13-21-83(82)89)115-99(114-97)117(42-50-134-58-66-142-74-70-138-62-54-130-46-29-94(120)106-34-38-111-102(125)146-78-90-84-22-14-6-7-15-23-85(84)90)43-51-135-59-67-143-75-71-139-63-55-131-47-30-95(121)107-35-39-112-103(126)147-79-91-86-24-16-8-9-17-25-87(86)91/h80-91H,10-79H2,1H3,(H,104,118)(H,105,119)(H,106,120)(H,107,121)(H,109,123)(H,110,124)(H,111,125)(H,112,126)(H,108,113,114,115)/t80-,81+,82-,83+,84-,85+,86-,87+,88?,89?,90?,91?. The summed E-state index contributed by atoms with van der Waals surface area (Å²) in [4.78, 5) is 130. The van der Waals surface area contributed by atoms with E-state index in [0.717, 1.165) is 103 Å².